The van der Waals surface area contributed by atoms with E-state index in [9.17, 15) is 9.59 Å². The first-order valence-electron chi connectivity index (χ1n) is 5.01. The van der Waals surface area contributed by atoms with Gasteiger partial charge in [-0.25, -0.2) is 0 Å². The normalized spacial score (nSPS) is 20.3. The molecule has 2 N–H and O–H groups in total. The summed E-state index contributed by atoms with van der Waals surface area (Å²) in [5, 5.41) is 5.47. The number of carbonyl (C=O) groups excluding carboxylic acids is 2. The number of rotatable bonds is 2. The smallest absolute Gasteiger partial charge is 0.262 e. The number of amides is 2. The van der Waals surface area contributed by atoms with Crippen LogP contribution in [0.2, 0.25) is 0 Å². The maximum atomic E-state index is 11.8. The third kappa shape index (κ3) is 2.62. The quantitative estimate of drug-likeness (QED) is 0.870. The van der Waals surface area contributed by atoms with E-state index in [4.69, 9.17) is 0 Å². The van der Waals surface area contributed by atoms with Crippen LogP contribution < -0.4 is 10.6 Å². The van der Waals surface area contributed by atoms with Crippen molar-refractivity contribution in [2.45, 2.75) is 18.9 Å². The Labute approximate surface area is 106 Å². The highest BCUT2D eigenvalue weighted by atomic mass is 79.9. The van der Waals surface area contributed by atoms with Gasteiger partial charge in [-0.1, -0.05) is 0 Å². The molecule has 0 saturated carbocycles. The lowest BCUT2D eigenvalue weighted by Gasteiger charge is -2.22. The van der Waals surface area contributed by atoms with E-state index in [1.165, 1.54) is 11.3 Å². The van der Waals surface area contributed by atoms with Gasteiger partial charge >= 0.3 is 0 Å². The molecule has 0 bridgehead atoms. The Hall–Kier alpha value is -0.880. The molecule has 86 valence electrons. The lowest BCUT2D eigenvalue weighted by Crippen LogP contribution is -2.50. The summed E-state index contributed by atoms with van der Waals surface area (Å²) in [6.45, 7) is 0.704. The molecule has 0 aliphatic carbocycles. The minimum Gasteiger partial charge on any atom is -0.354 e. The van der Waals surface area contributed by atoms with Crippen molar-refractivity contribution in [2.75, 3.05) is 6.54 Å². The average Bonchev–Trinajstić information content (AvgIpc) is 2.68. The second-order valence-corrected chi connectivity index (χ2v) is 6.03. The van der Waals surface area contributed by atoms with Gasteiger partial charge in [0.05, 0.1) is 8.66 Å². The van der Waals surface area contributed by atoms with Crippen molar-refractivity contribution in [3.63, 3.8) is 0 Å². The maximum absolute atomic E-state index is 11.8. The predicted octanol–water partition coefficient (Wildman–Crippen LogP) is 1.52. The van der Waals surface area contributed by atoms with E-state index in [2.05, 4.69) is 26.6 Å². The Morgan fingerprint density at radius 3 is 3.00 bits per heavy atom. The van der Waals surface area contributed by atoms with Crippen LogP contribution in [0.1, 0.15) is 22.5 Å². The summed E-state index contributed by atoms with van der Waals surface area (Å²) in [5.41, 5.74) is 0. The highest BCUT2D eigenvalue weighted by molar-refractivity contribution is 9.11. The number of carbonyl (C=O) groups is 2. The van der Waals surface area contributed by atoms with Gasteiger partial charge in [0.1, 0.15) is 6.04 Å². The molecule has 1 unspecified atom stereocenters. The summed E-state index contributed by atoms with van der Waals surface area (Å²) in [4.78, 5) is 23.8. The topological polar surface area (TPSA) is 58.2 Å². The molecular weight excluding hydrogens is 292 g/mol. The molecular formula is C10H11BrN2O2S. The summed E-state index contributed by atoms with van der Waals surface area (Å²) >= 11 is 4.66. The molecule has 1 aliphatic rings. The van der Waals surface area contributed by atoms with E-state index in [0.29, 0.717) is 17.8 Å². The summed E-state index contributed by atoms with van der Waals surface area (Å²) in [6, 6.07) is 3.17. The third-order valence-electron chi connectivity index (χ3n) is 2.39. The first-order valence-corrected chi connectivity index (χ1v) is 6.61. The summed E-state index contributed by atoms with van der Waals surface area (Å²) in [5.74, 6) is -0.270. The standard InChI is InChI=1S/C10H11BrN2O2S/c11-8-4-3-7(16-8)10(15)13-6-2-1-5-12-9(6)14/h3-4,6H,1-2,5H2,(H,12,14)(H,13,15). The molecule has 1 saturated heterocycles. The van der Waals surface area contributed by atoms with E-state index in [0.717, 1.165) is 10.2 Å². The number of piperidine rings is 1. The average molecular weight is 303 g/mol. The molecule has 0 aromatic carbocycles. The third-order valence-corrected chi connectivity index (χ3v) is 4.01. The van der Waals surface area contributed by atoms with Gasteiger partial charge in [0.15, 0.2) is 0 Å². The number of thiophene rings is 1. The van der Waals surface area contributed by atoms with Crippen LogP contribution >= 0.6 is 27.3 Å². The fraction of sp³-hybridized carbons (Fsp3) is 0.400. The van der Waals surface area contributed by atoms with E-state index >= 15 is 0 Å². The van der Waals surface area contributed by atoms with Crippen molar-refractivity contribution in [3.05, 3.63) is 20.8 Å². The number of halogens is 1. The predicted molar refractivity (Wildman–Crippen MR) is 65.5 cm³/mol. The Kier molecular flexibility index (Phi) is 3.60. The van der Waals surface area contributed by atoms with Gasteiger partial charge in [0, 0.05) is 6.54 Å². The molecule has 0 radical (unpaired) electrons. The lowest BCUT2D eigenvalue weighted by molar-refractivity contribution is -0.124. The van der Waals surface area contributed by atoms with Crippen LogP contribution in [0.3, 0.4) is 0 Å². The SMILES string of the molecule is O=C(NC1CCCNC1=O)c1ccc(Br)s1. The van der Waals surface area contributed by atoms with Gasteiger partial charge in [-0.3, -0.25) is 9.59 Å². The van der Waals surface area contributed by atoms with Crippen LogP contribution in [0.25, 0.3) is 0 Å². The Balaban J connectivity index is 1.99. The van der Waals surface area contributed by atoms with Crippen LogP contribution in [0.5, 0.6) is 0 Å². The summed E-state index contributed by atoms with van der Waals surface area (Å²) in [7, 11) is 0. The van der Waals surface area contributed by atoms with Gasteiger partial charge < -0.3 is 10.6 Å². The highest BCUT2D eigenvalue weighted by Gasteiger charge is 2.24. The van der Waals surface area contributed by atoms with E-state index in [1.54, 1.807) is 6.07 Å². The first-order chi connectivity index (χ1) is 7.66. The molecule has 16 heavy (non-hydrogen) atoms. The Morgan fingerprint density at radius 1 is 1.56 bits per heavy atom. The Bertz CT molecular complexity index is 419. The molecule has 0 spiro atoms. The van der Waals surface area contributed by atoms with Crippen molar-refractivity contribution in [1.82, 2.24) is 10.6 Å². The number of hydrogen-bond acceptors (Lipinski definition) is 3. The van der Waals surface area contributed by atoms with Crippen LogP contribution in [0, 0.1) is 0 Å². The minimum absolute atomic E-state index is 0.0878. The van der Waals surface area contributed by atoms with E-state index in [1.807, 2.05) is 6.07 Å². The van der Waals surface area contributed by atoms with Crippen LogP contribution in [0.15, 0.2) is 15.9 Å². The molecule has 2 rings (SSSR count). The van der Waals surface area contributed by atoms with Gasteiger partial charge in [-0.15, -0.1) is 11.3 Å². The molecule has 4 nitrogen and oxygen atoms in total. The van der Waals surface area contributed by atoms with Crippen molar-refractivity contribution in [2.24, 2.45) is 0 Å². The molecule has 1 fully saturated rings. The lowest BCUT2D eigenvalue weighted by atomic mass is 10.1. The van der Waals surface area contributed by atoms with Gasteiger partial charge in [0.25, 0.3) is 5.91 Å². The summed E-state index contributed by atoms with van der Waals surface area (Å²) in [6.07, 6.45) is 1.62. The fourth-order valence-electron chi connectivity index (χ4n) is 1.58. The Morgan fingerprint density at radius 2 is 2.38 bits per heavy atom. The van der Waals surface area contributed by atoms with E-state index < -0.39 is 0 Å². The molecule has 6 heteroatoms. The molecule has 2 amide bonds. The van der Waals surface area contributed by atoms with Crippen molar-refractivity contribution in [1.29, 1.82) is 0 Å². The monoisotopic (exact) mass is 302 g/mol. The molecule has 1 aliphatic heterocycles. The fourth-order valence-corrected chi connectivity index (χ4v) is 2.86. The van der Waals surface area contributed by atoms with Crippen molar-refractivity contribution < 1.29 is 9.59 Å². The highest BCUT2D eigenvalue weighted by Crippen LogP contribution is 2.22. The zero-order chi connectivity index (χ0) is 11.5. The summed E-state index contributed by atoms with van der Waals surface area (Å²) < 4.78 is 0.908. The van der Waals surface area contributed by atoms with Crippen molar-refractivity contribution in [3.8, 4) is 0 Å². The minimum atomic E-state index is -0.387. The number of hydrogen-bond donors (Lipinski definition) is 2. The van der Waals surface area contributed by atoms with Crippen LogP contribution in [0.4, 0.5) is 0 Å². The second-order valence-electron chi connectivity index (χ2n) is 3.56. The number of nitrogens with one attached hydrogen (secondary N) is 2. The first kappa shape index (κ1) is 11.6. The van der Waals surface area contributed by atoms with Gasteiger partial charge in [-0.2, -0.15) is 0 Å². The largest absolute Gasteiger partial charge is 0.354 e. The molecule has 2 heterocycles. The van der Waals surface area contributed by atoms with Crippen LogP contribution in [-0.2, 0) is 4.79 Å². The molecule has 1 aromatic heterocycles. The zero-order valence-corrected chi connectivity index (χ0v) is 10.9. The van der Waals surface area contributed by atoms with E-state index in [-0.39, 0.29) is 17.9 Å². The molecule has 1 atom stereocenters. The second kappa shape index (κ2) is 4.97. The van der Waals surface area contributed by atoms with Gasteiger partial charge in [0.2, 0.25) is 5.91 Å². The van der Waals surface area contributed by atoms with Crippen molar-refractivity contribution >= 4 is 39.1 Å². The van der Waals surface area contributed by atoms with Gasteiger partial charge in [-0.05, 0) is 40.9 Å². The zero-order valence-electron chi connectivity index (χ0n) is 8.46. The van der Waals surface area contributed by atoms with Crippen LogP contribution in [-0.4, -0.2) is 24.4 Å². The maximum Gasteiger partial charge on any atom is 0.262 e. The molecule has 1 aromatic rings.